The van der Waals surface area contributed by atoms with Crippen molar-refractivity contribution in [2.24, 2.45) is 5.41 Å². The summed E-state index contributed by atoms with van der Waals surface area (Å²) in [6.45, 7) is 0.517. The molecule has 5 heteroatoms. The fourth-order valence-electron chi connectivity index (χ4n) is 2.04. The maximum Gasteiger partial charge on any atom is 0.312 e. The van der Waals surface area contributed by atoms with Gasteiger partial charge in [-0.3, -0.25) is 4.79 Å². The van der Waals surface area contributed by atoms with Crippen LogP contribution in [0, 0.1) is 11.2 Å². The van der Waals surface area contributed by atoms with Crippen molar-refractivity contribution in [3.05, 3.63) is 34.6 Å². The zero-order valence-electron chi connectivity index (χ0n) is 9.08. The van der Waals surface area contributed by atoms with Crippen molar-refractivity contribution in [3.8, 4) is 0 Å². The number of benzene rings is 1. The van der Waals surface area contributed by atoms with Gasteiger partial charge in [0.2, 0.25) is 0 Å². The molecule has 1 N–H and O–H groups in total. The van der Waals surface area contributed by atoms with Crippen LogP contribution in [-0.4, -0.2) is 24.3 Å². The maximum absolute atomic E-state index is 13.7. The molecule has 1 heterocycles. The number of aliphatic carboxylic acids is 1. The lowest BCUT2D eigenvalue weighted by Gasteiger charge is -2.22. The first-order valence-electron chi connectivity index (χ1n) is 5.29. The molecule has 0 saturated carbocycles. The topological polar surface area (TPSA) is 46.5 Å². The average Bonchev–Trinajstić information content (AvgIpc) is 2.75. The summed E-state index contributed by atoms with van der Waals surface area (Å²) < 4.78 is 18.9. The Morgan fingerprint density at radius 3 is 2.94 bits per heavy atom. The molecule has 1 aromatic rings. The van der Waals surface area contributed by atoms with Crippen LogP contribution in [0.1, 0.15) is 12.0 Å². The Hall–Kier alpha value is -1.13. The second-order valence-corrected chi connectivity index (χ2v) is 4.68. The third-order valence-electron chi connectivity index (χ3n) is 3.12. The summed E-state index contributed by atoms with van der Waals surface area (Å²) in [5.74, 6) is -1.49. The second kappa shape index (κ2) is 4.63. The van der Waals surface area contributed by atoms with E-state index in [9.17, 15) is 14.3 Å². The monoisotopic (exact) mass is 258 g/mol. The minimum Gasteiger partial charge on any atom is -0.481 e. The van der Waals surface area contributed by atoms with Crippen LogP contribution in [0.5, 0.6) is 0 Å². The van der Waals surface area contributed by atoms with Gasteiger partial charge >= 0.3 is 5.97 Å². The minimum atomic E-state index is -1.02. The Morgan fingerprint density at radius 1 is 1.59 bits per heavy atom. The lowest BCUT2D eigenvalue weighted by molar-refractivity contribution is -0.148. The smallest absolute Gasteiger partial charge is 0.312 e. The molecule has 1 fully saturated rings. The third-order valence-corrected chi connectivity index (χ3v) is 3.41. The van der Waals surface area contributed by atoms with E-state index in [-0.39, 0.29) is 18.1 Å². The van der Waals surface area contributed by atoms with Crippen molar-refractivity contribution in [2.75, 3.05) is 13.2 Å². The Balaban J connectivity index is 2.30. The molecule has 1 aromatic carbocycles. The molecule has 2 rings (SSSR count). The Morgan fingerprint density at radius 2 is 2.35 bits per heavy atom. The number of halogens is 2. The highest BCUT2D eigenvalue weighted by Gasteiger charge is 2.43. The van der Waals surface area contributed by atoms with Gasteiger partial charge in [0.1, 0.15) is 5.82 Å². The van der Waals surface area contributed by atoms with E-state index in [0.29, 0.717) is 18.6 Å². The van der Waals surface area contributed by atoms with E-state index in [2.05, 4.69) is 0 Å². The molecule has 1 saturated heterocycles. The van der Waals surface area contributed by atoms with Gasteiger partial charge in [-0.2, -0.15) is 0 Å². The molecule has 0 amide bonds. The van der Waals surface area contributed by atoms with Crippen molar-refractivity contribution in [1.29, 1.82) is 0 Å². The lowest BCUT2D eigenvalue weighted by Crippen LogP contribution is -2.34. The molecule has 17 heavy (non-hydrogen) atoms. The van der Waals surface area contributed by atoms with E-state index in [1.165, 1.54) is 6.07 Å². The van der Waals surface area contributed by atoms with Gasteiger partial charge in [0.25, 0.3) is 0 Å². The lowest BCUT2D eigenvalue weighted by atomic mass is 9.81. The molecule has 0 aromatic heterocycles. The summed E-state index contributed by atoms with van der Waals surface area (Å²) in [6, 6.07) is 4.62. The first-order chi connectivity index (χ1) is 8.05. The van der Waals surface area contributed by atoms with E-state index in [1.54, 1.807) is 12.1 Å². The minimum absolute atomic E-state index is 0.0157. The van der Waals surface area contributed by atoms with Crippen molar-refractivity contribution < 1.29 is 19.0 Å². The number of rotatable bonds is 3. The van der Waals surface area contributed by atoms with Gasteiger partial charge in [-0.25, -0.2) is 4.39 Å². The molecule has 1 aliphatic heterocycles. The van der Waals surface area contributed by atoms with Gasteiger partial charge in [-0.05, 0) is 24.5 Å². The quantitative estimate of drug-likeness (QED) is 0.906. The van der Waals surface area contributed by atoms with Gasteiger partial charge in [-0.1, -0.05) is 23.7 Å². The second-order valence-electron chi connectivity index (χ2n) is 4.28. The number of carbonyl (C=O) groups is 1. The zero-order chi connectivity index (χ0) is 12.5. The van der Waals surface area contributed by atoms with Crippen molar-refractivity contribution >= 4 is 17.6 Å². The van der Waals surface area contributed by atoms with Crippen LogP contribution in [0.4, 0.5) is 4.39 Å². The highest BCUT2D eigenvalue weighted by Crippen LogP contribution is 2.34. The Labute approximate surface area is 103 Å². The number of carboxylic acid groups (broad SMARTS) is 1. The van der Waals surface area contributed by atoms with Crippen molar-refractivity contribution in [2.45, 2.75) is 12.8 Å². The van der Waals surface area contributed by atoms with Crippen LogP contribution in [0.2, 0.25) is 5.02 Å². The summed E-state index contributed by atoms with van der Waals surface area (Å²) >= 11 is 5.67. The Bertz CT molecular complexity index is 441. The van der Waals surface area contributed by atoms with Crippen LogP contribution in [0.15, 0.2) is 18.2 Å². The predicted octanol–water partition coefficient (Wildman–Crippen LogP) is 2.51. The molecule has 0 aliphatic carbocycles. The van der Waals surface area contributed by atoms with Gasteiger partial charge in [-0.15, -0.1) is 0 Å². The summed E-state index contributed by atoms with van der Waals surface area (Å²) in [4.78, 5) is 11.3. The van der Waals surface area contributed by atoms with Crippen LogP contribution in [0.3, 0.4) is 0 Å². The van der Waals surface area contributed by atoms with E-state index in [0.717, 1.165) is 0 Å². The highest BCUT2D eigenvalue weighted by atomic mass is 35.5. The van der Waals surface area contributed by atoms with Gasteiger partial charge in [0.05, 0.1) is 17.0 Å². The Kier molecular flexibility index (Phi) is 3.35. The normalized spacial score (nSPS) is 23.9. The van der Waals surface area contributed by atoms with Crippen LogP contribution >= 0.6 is 11.6 Å². The summed E-state index contributed by atoms with van der Waals surface area (Å²) in [6.07, 6.45) is 0.503. The standard InChI is InChI=1S/C12H12ClFO3/c13-9-3-1-2-8(10(9)14)6-12(11(15)16)4-5-17-7-12/h1-3H,4-7H2,(H,15,16). The number of carboxylic acids is 1. The molecular formula is C12H12ClFO3. The number of ether oxygens (including phenoxy) is 1. The van der Waals surface area contributed by atoms with E-state index in [1.807, 2.05) is 0 Å². The fourth-order valence-corrected chi connectivity index (χ4v) is 2.23. The molecule has 0 spiro atoms. The van der Waals surface area contributed by atoms with E-state index >= 15 is 0 Å². The summed E-state index contributed by atoms with van der Waals surface area (Å²) in [5.41, 5.74) is -0.698. The molecular weight excluding hydrogens is 247 g/mol. The summed E-state index contributed by atoms with van der Waals surface area (Å²) in [7, 11) is 0. The van der Waals surface area contributed by atoms with Gasteiger partial charge in [0.15, 0.2) is 0 Å². The SMILES string of the molecule is O=C(O)C1(Cc2cccc(Cl)c2F)CCOC1. The predicted molar refractivity (Wildman–Crippen MR) is 60.6 cm³/mol. The first-order valence-corrected chi connectivity index (χ1v) is 5.67. The maximum atomic E-state index is 13.7. The molecule has 1 aliphatic rings. The average molecular weight is 259 g/mol. The summed E-state index contributed by atoms with van der Waals surface area (Å²) in [5, 5.41) is 9.27. The van der Waals surface area contributed by atoms with Crippen LogP contribution in [-0.2, 0) is 16.0 Å². The van der Waals surface area contributed by atoms with Gasteiger partial charge < -0.3 is 9.84 Å². The van der Waals surface area contributed by atoms with E-state index < -0.39 is 17.2 Å². The van der Waals surface area contributed by atoms with Crippen molar-refractivity contribution in [3.63, 3.8) is 0 Å². The molecule has 1 unspecified atom stereocenters. The highest BCUT2D eigenvalue weighted by molar-refractivity contribution is 6.30. The first kappa shape index (κ1) is 12.3. The third kappa shape index (κ3) is 2.28. The van der Waals surface area contributed by atoms with Crippen LogP contribution < -0.4 is 0 Å². The zero-order valence-corrected chi connectivity index (χ0v) is 9.84. The largest absolute Gasteiger partial charge is 0.481 e. The van der Waals surface area contributed by atoms with Gasteiger partial charge in [0, 0.05) is 6.61 Å². The number of hydrogen-bond acceptors (Lipinski definition) is 2. The van der Waals surface area contributed by atoms with E-state index in [4.69, 9.17) is 16.3 Å². The fraction of sp³-hybridized carbons (Fsp3) is 0.417. The molecule has 1 atom stereocenters. The number of hydrogen-bond donors (Lipinski definition) is 1. The molecule has 3 nitrogen and oxygen atoms in total. The molecule has 0 bridgehead atoms. The van der Waals surface area contributed by atoms with Crippen LogP contribution in [0.25, 0.3) is 0 Å². The molecule has 0 radical (unpaired) electrons. The van der Waals surface area contributed by atoms with Crippen molar-refractivity contribution in [1.82, 2.24) is 0 Å². The molecule has 92 valence electrons.